The Kier molecular flexibility index (Phi) is 5.05. The Morgan fingerprint density at radius 2 is 2.27 bits per heavy atom. The molecule has 15 heavy (non-hydrogen) atoms. The molecule has 0 aromatic heterocycles. The van der Waals surface area contributed by atoms with E-state index in [4.69, 9.17) is 10.5 Å². The smallest absolute Gasteiger partial charge is 0.248 e. The van der Waals surface area contributed by atoms with Crippen molar-refractivity contribution in [3.63, 3.8) is 0 Å². The van der Waals surface area contributed by atoms with Crippen molar-refractivity contribution in [1.82, 2.24) is 4.90 Å². The third-order valence-corrected chi connectivity index (χ3v) is 3.01. The van der Waals surface area contributed by atoms with Crippen molar-refractivity contribution in [1.29, 1.82) is 0 Å². The van der Waals surface area contributed by atoms with Crippen molar-refractivity contribution >= 4 is 5.91 Å². The van der Waals surface area contributed by atoms with Gasteiger partial charge in [-0.1, -0.05) is 0 Å². The van der Waals surface area contributed by atoms with Crippen LogP contribution in [-0.4, -0.2) is 43.2 Å². The van der Waals surface area contributed by atoms with Gasteiger partial charge in [-0.3, -0.25) is 4.79 Å². The molecule has 0 heterocycles. The number of likely N-dealkylation sites (N-methyl/N-ethyl adjacent to an activating group) is 1. The third-order valence-electron chi connectivity index (χ3n) is 3.01. The fourth-order valence-corrected chi connectivity index (χ4v) is 1.81. The molecule has 0 bridgehead atoms. The van der Waals surface area contributed by atoms with E-state index in [1.165, 1.54) is 0 Å². The summed E-state index contributed by atoms with van der Waals surface area (Å²) in [5.74, 6) is 0.0524. The Morgan fingerprint density at radius 3 is 2.87 bits per heavy atom. The maximum Gasteiger partial charge on any atom is 0.248 e. The molecule has 4 nitrogen and oxygen atoms in total. The molecule has 0 aromatic rings. The number of ether oxygens (including phenoxy) is 1. The zero-order valence-electron chi connectivity index (χ0n) is 9.74. The zero-order chi connectivity index (χ0) is 11.3. The van der Waals surface area contributed by atoms with E-state index in [1.54, 1.807) is 11.9 Å². The van der Waals surface area contributed by atoms with Gasteiger partial charge in [-0.2, -0.15) is 0 Å². The Morgan fingerprint density at radius 1 is 1.53 bits per heavy atom. The second kappa shape index (κ2) is 6.08. The Hall–Kier alpha value is -0.610. The van der Waals surface area contributed by atoms with Crippen molar-refractivity contribution in [2.75, 3.05) is 20.2 Å². The van der Waals surface area contributed by atoms with Crippen LogP contribution in [0, 0.1) is 0 Å². The van der Waals surface area contributed by atoms with Gasteiger partial charge in [-0.25, -0.2) is 0 Å². The van der Waals surface area contributed by atoms with Crippen molar-refractivity contribution in [2.45, 2.75) is 44.8 Å². The average Bonchev–Trinajstić information content (AvgIpc) is 2.25. The van der Waals surface area contributed by atoms with Gasteiger partial charge in [-0.05, 0) is 32.6 Å². The highest BCUT2D eigenvalue weighted by atomic mass is 16.5. The summed E-state index contributed by atoms with van der Waals surface area (Å²) >= 11 is 0. The van der Waals surface area contributed by atoms with Crippen LogP contribution in [-0.2, 0) is 9.53 Å². The van der Waals surface area contributed by atoms with E-state index in [1.807, 2.05) is 6.92 Å². The average molecular weight is 214 g/mol. The summed E-state index contributed by atoms with van der Waals surface area (Å²) in [7, 11) is 1.79. The molecule has 0 saturated heterocycles. The molecule has 1 saturated carbocycles. The zero-order valence-corrected chi connectivity index (χ0v) is 9.74. The standard InChI is InChI=1S/C11H22N2O2/c1-3-13(2)11(14)8-15-10-6-4-5-9(12)7-10/h9-10H,3-8,12H2,1-2H3. The molecule has 0 aromatic carbocycles. The van der Waals surface area contributed by atoms with Gasteiger partial charge in [0, 0.05) is 19.6 Å². The van der Waals surface area contributed by atoms with Crippen LogP contribution in [0.2, 0.25) is 0 Å². The van der Waals surface area contributed by atoms with Gasteiger partial charge in [0.25, 0.3) is 0 Å². The molecule has 1 amide bonds. The highest BCUT2D eigenvalue weighted by Gasteiger charge is 2.20. The second-order valence-electron chi connectivity index (χ2n) is 4.27. The molecule has 0 radical (unpaired) electrons. The summed E-state index contributed by atoms with van der Waals surface area (Å²) in [5, 5.41) is 0. The third kappa shape index (κ3) is 4.18. The number of nitrogens with zero attached hydrogens (tertiary/aromatic N) is 1. The van der Waals surface area contributed by atoms with E-state index in [0.29, 0.717) is 0 Å². The molecule has 88 valence electrons. The van der Waals surface area contributed by atoms with E-state index in [9.17, 15) is 4.79 Å². The summed E-state index contributed by atoms with van der Waals surface area (Å²) in [6.07, 6.45) is 4.31. The summed E-state index contributed by atoms with van der Waals surface area (Å²) in [6, 6.07) is 0.253. The van der Waals surface area contributed by atoms with Crippen LogP contribution in [0.3, 0.4) is 0 Å². The SMILES string of the molecule is CCN(C)C(=O)COC1CCCC(N)C1. The first-order valence-electron chi connectivity index (χ1n) is 5.74. The molecule has 2 atom stereocenters. The maximum atomic E-state index is 11.5. The van der Waals surface area contributed by atoms with Crippen LogP contribution in [0.1, 0.15) is 32.6 Å². The fourth-order valence-electron chi connectivity index (χ4n) is 1.81. The Bertz CT molecular complexity index is 209. The second-order valence-corrected chi connectivity index (χ2v) is 4.27. The molecule has 1 aliphatic rings. The maximum absolute atomic E-state index is 11.5. The fraction of sp³-hybridized carbons (Fsp3) is 0.909. The van der Waals surface area contributed by atoms with Crippen molar-refractivity contribution in [3.8, 4) is 0 Å². The van der Waals surface area contributed by atoms with E-state index >= 15 is 0 Å². The van der Waals surface area contributed by atoms with Gasteiger partial charge in [0.05, 0.1) is 6.10 Å². The first-order valence-corrected chi connectivity index (χ1v) is 5.74. The monoisotopic (exact) mass is 214 g/mol. The topological polar surface area (TPSA) is 55.6 Å². The van der Waals surface area contributed by atoms with Crippen LogP contribution in [0.15, 0.2) is 0 Å². The number of carbonyl (C=O) groups is 1. The number of rotatable bonds is 4. The lowest BCUT2D eigenvalue weighted by molar-refractivity contribution is -0.137. The molecule has 2 N–H and O–H groups in total. The lowest BCUT2D eigenvalue weighted by Gasteiger charge is -2.27. The predicted molar refractivity (Wildman–Crippen MR) is 59.5 cm³/mol. The summed E-state index contributed by atoms with van der Waals surface area (Å²) in [4.78, 5) is 13.1. The van der Waals surface area contributed by atoms with Crippen LogP contribution in [0.25, 0.3) is 0 Å². The quantitative estimate of drug-likeness (QED) is 0.751. The first kappa shape index (κ1) is 12.5. The van der Waals surface area contributed by atoms with Gasteiger partial charge >= 0.3 is 0 Å². The number of nitrogens with two attached hydrogens (primary N) is 1. The van der Waals surface area contributed by atoms with Gasteiger partial charge in [0.2, 0.25) is 5.91 Å². The summed E-state index contributed by atoms with van der Waals surface area (Å²) in [6.45, 7) is 2.88. The predicted octanol–water partition coefficient (Wildman–Crippen LogP) is 0.751. The largest absolute Gasteiger partial charge is 0.368 e. The normalized spacial score (nSPS) is 26.3. The van der Waals surface area contributed by atoms with Crippen LogP contribution < -0.4 is 5.73 Å². The van der Waals surface area contributed by atoms with Crippen LogP contribution >= 0.6 is 0 Å². The Balaban J connectivity index is 2.21. The lowest BCUT2D eigenvalue weighted by Crippen LogP contribution is -2.36. The summed E-state index contributed by atoms with van der Waals surface area (Å²) in [5.41, 5.74) is 5.84. The number of carbonyl (C=O) groups excluding carboxylic acids is 1. The van der Waals surface area contributed by atoms with Crippen LogP contribution in [0.5, 0.6) is 0 Å². The molecular weight excluding hydrogens is 192 g/mol. The van der Waals surface area contributed by atoms with Gasteiger partial charge in [-0.15, -0.1) is 0 Å². The molecule has 1 aliphatic carbocycles. The number of amides is 1. The summed E-state index contributed by atoms with van der Waals surface area (Å²) < 4.78 is 5.57. The van der Waals surface area contributed by atoms with E-state index in [2.05, 4.69) is 0 Å². The molecular formula is C11H22N2O2. The molecule has 0 aliphatic heterocycles. The van der Waals surface area contributed by atoms with E-state index < -0.39 is 0 Å². The van der Waals surface area contributed by atoms with Gasteiger partial charge < -0.3 is 15.4 Å². The minimum atomic E-state index is 0.0524. The molecule has 1 rings (SSSR count). The Labute approximate surface area is 91.8 Å². The molecule has 4 heteroatoms. The van der Waals surface area contributed by atoms with Crippen LogP contribution in [0.4, 0.5) is 0 Å². The van der Waals surface area contributed by atoms with Crippen molar-refractivity contribution in [2.24, 2.45) is 5.73 Å². The molecule has 2 unspecified atom stereocenters. The van der Waals surface area contributed by atoms with Crippen molar-refractivity contribution in [3.05, 3.63) is 0 Å². The van der Waals surface area contributed by atoms with E-state index in [-0.39, 0.29) is 24.7 Å². The molecule has 1 fully saturated rings. The van der Waals surface area contributed by atoms with E-state index in [0.717, 1.165) is 32.2 Å². The first-order chi connectivity index (χ1) is 7.13. The minimum Gasteiger partial charge on any atom is -0.368 e. The number of hydrogen-bond acceptors (Lipinski definition) is 3. The van der Waals surface area contributed by atoms with Gasteiger partial charge in [0.1, 0.15) is 6.61 Å². The molecule has 0 spiro atoms. The number of hydrogen-bond donors (Lipinski definition) is 1. The lowest BCUT2D eigenvalue weighted by atomic mass is 9.94. The van der Waals surface area contributed by atoms with Gasteiger partial charge in [0.15, 0.2) is 0 Å². The highest BCUT2D eigenvalue weighted by molar-refractivity contribution is 5.77. The minimum absolute atomic E-state index is 0.0524. The van der Waals surface area contributed by atoms with Crippen molar-refractivity contribution < 1.29 is 9.53 Å². The highest BCUT2D eigenvalue weighted by Crippen LogP contribution is 2.19.